The van der Waals surface area contributed by atoms with Crippen LogP contribution in [-0.2, 0) is 18.3 Å². The number of aryl methyl sites for hydroxylation is 1. The Bertz CT molecular complexity index is 755. The van der Waals surface area contributed by atoms with E-state index in [0.29, 0.717) is 24.2 Å². The van der Waals surface area contributed by atoms with Crippen molar-refractivity contribution >= 4 is 16.7 Å². The van der Waals surface area contributed by atoms with Crippen LogP contribution in [0.15, 0.2) is 23.0 Å². The maximum atomic E-state index is 12.3. The average molecular weight is 277 g/mol. The van der Waals surface area contributed by atoms with Gasteiger partial charge in [-0.05, 0) is 12.5 Å². The Morgan fingerprint density at radius 2 is 2.15 bits per heavy atom. The number of epoxide rings is 1. The molecule has 1 fully saturated rings. The Morgan fingerprint density at radius 1 is 1.45 bits per heavy atom. The van der Waals surface area contributed by atoms with Crippen molar-refractivity contribution in [3.63, 3.8) is 0 Å². The van der Waals surface area contributed by atoms with Gasteiger partial charge in [0.25, 0.3) is 5.69 Å². The molecule has 1 aromatic carbocycles. The van der Waals surface area contributed by atoms with E-state index >= 15 is 0 Å². The van der Waals surface area contributed by atoms with Crippen LogP contribution in [0.2, 0.25) is 0 Å². The largest absolute Gasteiger partial charge is 0.368 e. The molecule has 20 heavy (non-hydrogen) atoms. The minimum absolute atomic E-state index is 0.0147. The molecule has 0 saturated carbocycles. The molecule has 0 bridgehead atoms. The van der Waals surface area contributed by atoms with Crippen molar-refractivity contribution in [3.8, 4) is 0 Å². The highest BCUT2D eigenvalue weighted by molar-refractivity contribution is 5.78. The van der Waals surface area contributed by atoms with Gasteiger partial charge in [-0.3, -0.25) is 19.2 Å². The van der Waals surface area contributed by atoms with Crippen molar-refractivity contribution in [3.05, 3.63) is 38.8 Å². The maximum absolute atomic E-state index is 12.3. The van der Waals surface area contributed by atoms with Gasteiger partial charge in [0.15, 0.2) is 0 Å². The van der Waals surface area contributed by atoms with Gasteiger partial charge < -0.3 is 4.74 Å². The molecule has 1 atom stereocenters. The number of nitrogens with zero attached hydrogens (tertiary/aromatic N) is 3. The molecule has 0 aliphatic carbocycles. The van der Waals surface area contributed by atoms with E-state index in [2.05, 4.69) is 0 Å². The minimum atomic E-state index is -0.454. The van der Waals surface area contributed by atoms with Gasteiger partial charge in [0.2, 0.25) is 0 Å². The summed E-state index contributed by atoms with van der Waals surface area (Å²) in [6.45, 7) is 3.06. The molecule has 7 nitrogen and oxygen atoms in total. The number of fused-ring (bicyclic) bond motifs is 1. The van der Waals surface area contributed by atoms with Gasteiger partial charge in [-0.25, -0.2) is 4.79 Å². The number of ether oxygens (including phenoxy) is 1. The minimum Gasteiger partial charge on any atom is -0.368 e. The van der Waals surface area contributed by atoms with Crippen LogP contribution in [0.5, 0.6) is 0 Å². The van der Waals surface area contributed by atoms with Crippen molar-refractivity contribution in [1.29, 1.82) is 0 Å². The standard InChI is InChI=1S/C13H15N3O4/c1-3-13(8-20-13)7-15-11-6-9(16(18)19)4-5-10(11)14(2)12(15)17/h4-6H,3,7-8H2,1-2H3. The molecule has 0 N–H and O–H groups in total. The Balaban J connectivity index is 2.19. The number of hydrogen-bond acceptors (Lipinski definition) is 4. The van der Waals surface area contributed by atoms with Gasteiger partial charge in [0, 0.05) is 19.2 Å². The molecule has 1 aliphatic rings. The van der Waals surface area contributed by atoms with Gasteiger partial charge in [-0.15, -0.1) is 0 Å². The van der Waals surface area contributed by atoms with Crippen molar-refractivity contribution in [2.24, 2.45) is 7.05 Å². The van der Waals surface area contributed by atoms with Crippen LogP contribution in [0.3, 0.4) is 0 Å². The smallest absolute Gasteiger partial charge is 0.328 e. The number of benzene rings is 1. The van der Waals surface area contributed by atoms with Crippen molar-refractivity contribution in [1.82, 2.24) is 9.13 Å². The highest BCUT2D eigenvalue weighted by Crippen LogP contribution is 2.33. The lowest BCUT2D eigenvalue weighted by atomic mass is 10.1. The van der Waals surface area contributed by atoms with Gasteiger partial charge in [0.05, 0.1) is 29.1 Å². The zero-order valence-electron chi connectivity index (χ0n) is 11.3. The fourth-order valence-electron chi connectivity index (χ4n) is 2.46. The monoisotopic (exact) mass is 277 g/mol. The van der Waals surface area contributed by atoms with Gasteiger partial charge in [-0.2, -0.15) is 0 Å². The van der Waals surface area contributed by atoms with Crippen molar-refractivity contribution in [2.45, 2.75) is 25.5 Å². The fourth-order valence-corrected chi connectivity index (χ4v) is 2.46. The molecule has 0 spiro atoms. The van der Waals surface area contributed by atoms with Crippen LogP contribution in [0, 0.1) is 10.1 Å². The number of aromatic nitrogens is 2. The summed E-state index contributed by atoms with van der Waals surface area (Å²) in [5.74, 6) is 0. The third kappa shape index (κ3) is 1.82. The van der Waals surface area contributed by atoms with E-state index in [-0.39, 0.29) is 17.0 Å². The first kappa shape index (κ1) is 12.9. The summed E-state index contributed by atoms with van der Waals surface area (Å²) < 4.78 is 8.51. The number of hydrogen-bond donors (Lipinski definition) is 0. The summed E-state index contributed by atoms with van der Waals surface area (Å²) in [4.78, 5) is 22.7. The molecule has 2 heterocycles. The second-order valence-electron chi connectivity index (χ2n) is 5.18. The third-order valence-corrected chi connectivity index (χ3v) is 3.98. The molecule has 2 aromatic rings. The summed E-state index contributed by atoms with van der Waals surface area (Å²) in [5.41, 5.74) is 0.786. The number of nitro benzene ring substituents is 1. The molecule has 3 rings (SSSR count). The second-order valence-corrected chi connectivity index (χ2v) is 5.18. The van der Waals surface area contributed by atoms with Crippen LogP contribution in [-0.4, -0.2) is 26.3 Å². The fraction of sp³-hybridized carbons (Fsp3) is 0.462. The number of imidazole rings is 1. The molecular formula is C13H15N3O4. The van der Waals surface area contributed by atoms with E-state index in [1.807, 2.05) is 6.92 Å². The molecule has 0 radical (unpaired) electrons. The van der Waals surface area contributed by atoms with Crippen LogP contribution < -0.4 is 5.69 Å². The first-order valence-electron chi connectivity index (χ1n) is 6.45. The lowest BCUT2D eigenvalue weighted by Crippen LogP contribution is -2.29. The highest BCUT2D eigenvalue weighted by Gasteiger charge is 2.44. The van der Waals surface area contributed by atoms with E-state index in [9.17, 15) is 14.9 Å². The van der Waals surface area contributed by atoms with E-state index < -0.39 is 4.92 Å². The van der Waals surface area contributed by atoms with Gasteiger partial charge >= 0.3 is 5.69 Å². The lowest BCUT2D eigenvalue weighted by Gasteiger charge is -2.09. The van der Waals surface area contributed by atoms with Gasteiger partial charge in [0.1, 0.15) is 5.60 Å². The van der Waals surface area contributed by atoms with E-state index in [1.165, 1.54) is 16.7 Å². The molecule has 7 heteroatoms. The summed E-state index contributed by atoms with van der Waals surface area (Å²) in [6.07, 6.45) is 0.810. The second kappa shape index (κ2) is 4.17. The zero-order valence-corrected chi connectivity index (χ0v) is 11.3. The van der Waals surface area contributed by atoms with E-state index in [4.69, 9.17) is 4.74 Å². The Labute approximate surface area is 114 Å². The average Bonchev–Trinajstić information content (AvgIpc) is 3.18. The Morgan fingerprint density at radius 3 is 2.70 bits per heavy atom. The molecule has 1 unspecified atom stereocenters. The van der Waals surface area contributed by atoms with Crippen LogP contribution in [0.1, 0.15) is 13.3 Å². The number of non-ortho nitro benzene ring substituents is 1. The molecule has 1 aliphatic heterocycles. The first-order chi connectivity index (χ1) is 9.47. The Hall–Kier alpha value is -2.15. The van der Waals surface area contributed by atoms with Crippen LogP contribution >= 0.6 is 0 Å². The lowest BCUT2D eigenvalue weighted by molar-refractivity contribution is -0.384. The molecule has 106 valence electrons. The summed E-state index contributed by atoms with van der Waals surface area (Å²) in [7, 11) is 1.67. The summed E-state index contributed by atoms with van der Waals surface area (Å²) in [6, 6.07) is 4.47. The van der Waals surface area contributed by atoms with Crippen molar-refractivity contribution < 1.29 is 9.66 Å². The molecular weight excluding hydrogens is 262 g/mol. The normalized spacial score (nSPS) is 21.3. The molecule has 1 aromatic heterocycles. The third-order valence-electron chi connectivity index (χ3n) is 3.98. The topological polar surface area (TPSA) is 82.6 Å². The Kier molecular flexibility index (Phi) is 2.68. The van der Waals surface area contributed by atoms with E-state index in [1.54, 1.807) is 17.7 Å². The van der Waals surface area contributed by atoms with Crippen LogP contribution in [0.25, 0.3) is 11.0 Å². The SMILES string of the molecule is CCC1(Cn2c(=O)n(C)c3ccc([N+](=O)[O-])cc32)CO1. The first-order valence-corrected chi connectivity index (χ1v) is 6.45. The van der Waals surface area contributed by atoms with Gasteiger partial charge in [-0.1, -0.05) is 6.92 Å². The molecule has 0 amide bonds. The number of rotatable bonds is 4. The quantitative estimate of drug-likeness (QED) is 0.481. The van der Waals surface area contributed by atoms with Crippen molar-refractivity contribution in [2.75, 3.05) is 6.61 Å². The summed E-state index contributed by atoms with van der Waals surface area (Å²) >= 11 is 0. The number of nitro groups is 1. The predicted molar refractivity (Wildman–Crippen MR) is 72.8 cm³/mol. The molecule has 1 saturated heterocycles. The maximum Gasteiger partial charge on any atom is 0.328 e. The highest BCUT2D eigenvalue weighted by atomic mass is 16.6. The zero-order chi connectivity index (χ0) is 14.5. The predicted octanol–water partition coefficient (Wildman–Crippen LogP) is 1.43. The summed E-state index contributed by atoms with van der Waals surface area (Å²) in [5, 5.41) is 10.9. The van der Waals surface area contributed by atoms with E-state index in [0.717, 1.165) is 6.42 Å². The van der Waals surface area contributed by atoms with Crippen LogP contribution in [0.4, 0.5) is 5.69 Å².